The summed E-state index contributed by atoms with van der Waals surface area (Å²) in [7, 11) is 0. The van der Waals surface area contributed by atoms with Crippen molar-refractivity contribution in [1.82, 2.24) is 25.4 Å². The van der Waals surface area contributed by atoms with Crippen LogP contribution in [-0.4, -0.2) is 44.6 Å². The standard InChI is InChI=1S/C24H25FN6O4/c1-16(32)27-11-10-17-12-24(17,30-22(33)13-31-15-26-14-28-31)23(34)29-19-4-8-21(9-5-19)35-20-6-2-18(25)3-7-20/h2-9,14-15,17H,10-13H2,1H3,(H,27,32)(H,29,34)(H,30,33)/t17-,24?/m0/s1. The highest BCUT2D eigenvalue weighted by atomic mass is 19.1. The molecule has 1 aliphatic carbocycles. The third-order valence-corrected chi connectivity index (χ3v) is 5.67. The minimum absolute atomic E-state index is 0.0666. The largest absolute Gasteiger partial charge is 0.457 e. The van der Waals surface area contributed by atoms with Crippen LogP contribution in [0.3, 0.4) is 0 Å². The van der Waals surface area contributed by atoms with Gasteiger partial charge in [0.25, 0.3) is 0 Å². The van der Waals surface area contributed by atoms with Gasteiger partial charge in [0.15, 0.2) is 0 Å². The Morgan fingerprint density at radius 2 is 1.80 bits per heavy atom. The Labute approximate surface area is 200 Å². The monoisotopic (exact) mass is 480 g/mol. The van der Waals surface area contributed by atoms with E-state index in [1.807, 2.05) is 0 Å². The highest BCUT2D eigenvalue weighted by molar-refractivity contribution is 6.03. The second-order valence-electron chi connectivity index (χ2n) is 8.32. The maximum absolute atomic E-state index is 13.2. The molecule has 3 amide bonds. The Bertz CT molecular complexity index is 1180. The molecule has 1 aliphatic rings. The van der Waals surface area contributed by atoms with Crippen molar-refractivity contribution in [2.75, 3.05) is 11.9 Å². The summed E-state index contributed by atoms with van der Waals surface area (Å²) >= 11 is 0. The summed E-state index contributed by atoms with van der Waals surface area (Å²) in [5, 5.41) is 12.3. The van der Waals surface area contributed by atoms with Crippen LogP contribution in [-0.2, 0) is 20.9 Å². The third-order valence-electron chi connectivity index (χ3n) is 5.67. The first-order valence-corrected chi connectivity index (χ1v) is 11.1. The SMILES string of the molecule is CC(=O)NCC[C@H]1CC1(NC(=O)Cn1cncn1)C(=O)Nc1ccc(Oc2ccc(F)cc2)cc1. The van der Waals surface area contributed by atoms with Crippen LogP contribution < -0.4 is 20.7 Å². The summed E-state index contributed by atoms with van der Waals surface area (Å²) in [6.45, 7) is 1.77. The number of amides is 3. The second kappa shape index (κ2) is 10.3. The lowest BCUT2D eigenvalue weighted by molar-refractivity contribution is -0.128. The molecule has 3 N–H and O–H groups in total. The number of nitrogens with zero attached hydrogens (tertiary/aromatic N) is 3. The number of benzene rings is 2. The van der Waals surface area contributed by atoms with Crippen molar-refractivity contribution >= 4 is 23.4 Å². The van der Waals surface area contributed by atoms with Crippen LogP contribution in [0.15, 0.2) is 61.2 Å². The lowest BCUT2D eigenvalue weighted by Gasteiger charge is -2.20. The molecule has 0 bridgehead atoms. The van der Waals surface area contributed by atoms with Crippen LogP contribution >= 0.6 is 0 Å². The fraction of sp³-hybridized carbons (Fsp3) is 0.292. The number of carbonyl (C=O) groups is 3. The summed E-state index contributed by atoms with van der Waals surface area (Å²) in [4.78, 5) is 40.8. The first kappa shape index (κ1) is 23.9. The minimum atomic E-state index is -1.08. The van der Waals surface area contributed by atoms with Gasteiger partial charge < -0.3 is 20.7 Å². The Morgan fingerprint density at radius 3 is 2.43 bits per heavy atom. The minimum Gasteiger partial charge on any atom is -0.457 e. The van der Waals surface area contributed by atoms with E-state index >= 15 is 0 Å². The van der Waals surface area contributed by atoms with Gasteiger partial charge in [0, 0.05) is 19.2 Å². The van der Waals surface area contributed by atoms with E-state index in [2.05, 4.69) is 26.0 Å². The first-order valence-electron chi connectivity index (χ1n) is 11.1. The van der Waals surface area contributed by atoms with Crippen LogP contribution in [0.1, 0.15) is 19.8 Å². The number of carbonyl (C=O) groups excluding carboxylic acids is 3. The molecule has 2 atom stereocenters. The van der Waals surface area contributed by atoms with E-state index in [0.29, 0.717) is 36.6 Å². The molecular formula is C24H25FN6O4. The maximum atomic E-state index is 13.2. The van der Waals surface area contributed by atoms with Gasteiger partial charge >= 0.3 is 0 Å². The van der Waals surface area contributed by atoms with E-state index in [0.717, 1.165) is 0 Å². The van der Waals surface area contributed by atoms with Gasteiger partial charge in [-0.2, -0.15) is 5.10 Å². The zero-order valence-corrected chi connectivity index (χ0v) is 19.0. The number of ether oxygens (including phenoxy) is 1. The van der Waals surface area contributed by atoms with E-state index in [4.69, 9.17) is 4.74 Å². The van der Waals surface area contributed by atoms with Gasteiger partial charge in [0.2, 0.25) is 17.7 Å². The van der Waals surface area contributed by atoms with Crippen molar-refractivity contribution in [2.24, 2.45) is 5.92 Å². The molecule has 1 heterocycles. The van der Waals surface area contributed by atoms with Crippen LogP contribution in [0.25, 0.3) is 0 Å². The molecule has 3 aromatic rings. The molecule has 1 aromatic heterocycles. The van der Waals surface area contributed by atoms with Gasteiger partial charge in [0.05, 0.1) is 0 Å². The van der Waals surface area contributed by atoms with E-state index < -0.39 is 5.54 Å². The zero-order chi connectivity index (χ0) is 24.8. The average Bonchev–Trinajstić information content (AvgIpc) is 3.26. The zero-order valence-electron chi connectivity index (χ0n) is 19.0. The topological polar surface area (TPSA) is 127 Å². The molecule has 4 rings (SSSR count). The van der Waals surface area contributed by atoms with Crippen LogP contribution in [0, 0.1) is 11.7 Å². The maximum Gasteiger partial charge on any atom is 0.250 e. The molecule has 2 aromatic carbocycles. The second-order valence-corrected chi connectivity index (χ2v) is 8.32. The van der Waals surface area contributed by atoms with Gasteiger partial charge in [0.1, 0.15) is 42.1 Å². The van der Waals surface area contributed by atoms with Crippen LogP contribution in [0.2, 0.25) is 0 Å². The van der Waals surface area contributed by atoms with Crippen molar-refractivity contribution in [1.29, 1.82) is 0 Å². The van der Waals surface area contributed by atoms with Crippen molar-refractivity contribution in [3.63, 3.8) is 0 Å². The van der Waals surface area contributed by atoms with E-state index in [1.54, 1.807) is 24.3 Å². The van der Waals surface area contributed by atoms with E-state index in [-0.39, 0.29) is 36.0 Å². The number of hydrogen-bond acceptors (Lipinski definition) is 6. The van der Waals surface area contributed by atoms with Crippen molar-refractivity contribution in [3.8, 4) is 11.5 Å². The molecular weight excluding hydrogens is 455 g/mol. The smallest absolute Gasteiger partial charge is 0.250 e. The average molecular weight is 481 g/mol. The molecule has 10 nitrogen and oxygen atoms in total. The van der Waals surface area contributed by atoms with Crippen LogP contribution in [0.4, 0.5) is 10.1 Å². The molecule has 0 aliphatic heterocycles. The molecule has 1 unspecified atom stereocenters. The fourth-order valence-electron chi connectivity index (χ4n) is 3.83. The Morgan fingerprint density at radius 1 is 1.11 bits per heavy atom. The molecule has 1 fully saturated rings. The van der Waals surface area contributed by atoms with Gasteiger partial charge in [-0.05, 0) is 67.3 Å². The molecule has 35 heavy (non-hydrogen) atoms. The molecule has 182 valence electrons. The Balaban J connectivity index is 1.40. The summed E-state index contributed by atoms with van der Waals surface area (Å²) in [6.07, 6.45) is 3.74. The summed E-state index contributed by atoms with van der Waals surface area (Å²) in [5.74, 6) is -0.343. The van der Waals surface area contributed by atoms with Gasteiger partial charge in [-0.15, -0.1) is 0 Å². The highest BCUT2D eigenvalue weighted by Gasteiger charge is 2.60. The summed E-state index contributed by atoms with van der Waals surface area (Å²) in [5.41, 5.74) is -0.557. The lowest BCUT2D eigenvalue weighted by atomic mass is 10.1. The van der Waals surface area contributed by atoms with E-state index in [1.165, 1.54) is 48.5 Å². The Kier molecular flexibility index (Phi) is 7.04. The number of halogens is 1. The van der Waals surface area contributed by atoms with Crippen molar-refractivity contribution < 1.29 is 23.5 Å². The Hall–Kier alpha value is -4.28. The summed E-state index contributed by atoms with van der Waals surface area (Å²) < 4.78 is 20.1. The number of aromatic nitrogens is 3. The van der Waals surface area contributed by atoms with E-state index in [9.17, 15) is 18.8 Å². The predicted molar refractivity (Wildman–Crippen MR) is 124 cm³/mol. The molecule has 11 heteroatoms. The van der Waals surface area contributed by atoms with Crippen LogP contribution in [0.5, 0.6) is 11.5 Å². The molecule has 0 spiro atoms. The summed E-state index contributed by atoms with van der Waals surface area (Å²) in [6, 6.07) is 12.4. The first-order chi connectivity index (χ1) is 16.8. The van der Waals surface area contributed by atoms with Crippen molar-refractivity contribution in [3.05, 3.63) is 67.0 Å². The quantitative estimate of drug-likeness (QED) is 0.409. The molecule has 0 radical (unpaired) electrons. The molecule has 0 saturated heterocycles. The fourth-order valence-corrected chi connectivity index (χ4v) is 3.83. The molecule has 1 saturated carbocycles. The van der Waals surface area contributed by atoms with Gasteiger partial charge in [-0.3, -0.25) is 14.4 Å². The predicted octanol–water partition coefficient (Wildman–Crippen LogP) is 2.25. The van der Waals surface area contributed by atoms with Crippen molar-refractivity contribution in [2.45, 2.75) is 31.8 Å². The third kappa shape index (κ3) is 6.19. The highest BCUT2D eigenvalue weighted by Crippen LogP contribution is 2.46. The van der Waals surface area contributed by atoms with Gasteiger partial charge in [-0.25, -0.2) is 14.1 Å². The number of hydrogen-bond donors (Lipinski definition) is 3. The number of anilines is 1. The lowest BCUT2D eigenvalue weighted by Crippen LogP contribution is -2.49. The number of nitrogens with one attached hydrogen (secondary N) is 3. The number of rotatable bonds is 10. The normalized spacial score (nSPS) is 18.4. The van der Waals surface area contributed by atoms with Gasteiger partial charge in [-0.1, -0.05) is 0 Å².